The van der Waals surface area contributed by atoms with Crippen LogP contribution in [0.5, 0.6) is 0 Å². The third-order valence-electron chi connectivity index (χ3n) is 5.48. The standard InChI is InChI=1S/C22H31FN4O2/c1-6-20-19(11-25-27(20)18-9-7-17(23)8-10-18)21(28)24-14-22(4,5)26-12-15(2)29-16(3)13-26/h7-11,15-16H,6,12-14H2,1-5H3,(H,24,28). The zero-order chi connectivity index (χ0) is 21.2. The lowest BCUT2D eigenvalue weighted by Crippen LogP contribution is -2.58. The highest BCUT2D eigenvalue weighted by atomic mass is 19.1. The Bertz CT molecular complexity index is 837. The molecule has 1 saturated heterocycles. The maximum absolute atomic E-state index is 13.2. The summed E-state index contributed by atoms with van der Waals surface area (Å²) in [6.45, 7) is 12.6. The van der Waals surface area contributed by atoms with Crippen molar-refractivity contribution < 1.29 is 13.9 Å². The predicted molar refractivity (Wildman–Crippen MR) is 111 cm³/mol. The number of nitrogens with one attached hydrogen (secondary N) is 1. The van der Waals surface area contributed by atoms with Gasteiger partial charge in [0.1, 0.15) is 5.82 Å². The van der Waals surface area contributed by atoms with Crippen LogP contribution in [0, 0.1) is 5.82 Å². The number of aromatic nitrogens is 2. The molecule has 1 amide bonds. The Hall–Kier alpha value is -2.25. The molecule has 1 aliphatic heterocycles. The molecule has 6 nitrogen and oxygen atoms in total. The fourth-order valence-electron chi connectivity index (χ4n) is 3.88. The average molecular weight is 403 g/mol. The minimum atomic E-state index is -0.300. The Kier molecular flexibility index (Phi) is 6.39. The fraction of sp³-hybridized carbons (Fsp3) is 0.545. The van der Waals surface area contributed by atoms with Crippen LogP contribution in [0.2, 0.25) is 0 Å². The van der Waals surface area contributed by atoms with Crippen molar-refractivity contribution in [3.63, 3.8) is 0 Å². The van der Waals surface area contributed by atoms with E-state index in [1.807, 2.05) is 6.92 Å². The zero-order valence-electron chi connectivity index (χ0n) is 17.9. The Morgan fingerprint density at radius 1 is 1.24 bits per heavy atom. The first-order valence-corrected chi connectivity index (χ1v) is 10.2. The molecule has 0 saturated carbocycles. The third-order valence-corrected chi connectivity index (χ3v) is 5.48. The molecule has 2 aromatic rings. The van der Waals surface area contributed by atoms with Gasteiger partial charge in [-0.1, -0.05) is 6.92 Å². The maximum atomic E-state index is 13.2. The second-order valence-corrected chi connectivity index (χ2v) is 8.40. The summed E-state index contributed by atoms with van der Waals surface area (Å²) in [6.07, 6.45) is 2.58. The van der Waals surface area contributed by atoms with Gasteiger partial charge in [0.05, 0.1) is 35.3 Å². The van der Waals surface area contributed by atoms with Crippen LogP contribution >= 0.6 is 0 Å². The van der Waals surface area contributed by atoms with E-state index >= 15 is 0 Å². The molecule has 0 aliphatic carbocycles. The van der Waals surface area contributed by atoms with Gasteiger partial charge in [-0.3, -0.25) is 9.69 Å². The molecule has 2 unspecified atom stereocenters. The number of ether oxygens (including phenoxy) is 1. The van der Waals surface area contributed by atoms with Crippen molar-refractivity contribution in [3.05, 3.63) is 47.5 Å². The highest BCUT2D eigenvalue weighted by Gasteiger charge is 2.33. The van der Waals surface area contributed by atoms with Gasteiger partial charge in [0, 0.05) is 25.2 Å². The number of benzene rings is 1. The molecule has 29 heavy (non-hydrogen) atoms. The quantitative estimate of drug-likeness (QED) is 0.806. The molecule has 2 heterocycles. The van der Waals surface area contributed by atoms with Crippen LogP contribution in [-0.4, -0.2) is 58.0 Å². The molecule has 0 spiro atoms. The van der Waals surface area contributed by atoms with E-state index in [0.717, 1.165) is 24.5 Å². The minimum absolute atomic E-state index is 0.141. The van der Waals surface area contributed by atoms with Gasteiger partial charge in [-0.25, -0.2) is 9.07 Å². The summed E-state index contributed by atoms with van der Waals surface area (Å²) in [5.41, 5.74) is 1.90. The third kappa shape index (κ3) is 4.85. The summed E-state index contributed by atoms with van der Waals surface area (Å²) in [6, 6.07) is 6.10. The normalized spacial score (nSPS) is 20.6. The SMILES string of the molecule is CCc1c(C(=O)NCC(C)(C)N2CC(C)OC(C)C2)cnn1-c1ccc(F)cc1. The van der Waals surface area contributed by atoms with Crippen LogP contribution in [0.3, 0.4) is 0 Å². The fourth-order valence-corrected chi connectivity index (χ4v) is 3.88. The van der Waals surface area contributed by atoms with Gasteiger partial charge in [0.15, 0.2) is 0 Å². The number of carbonyl (C=O) groups excluding carboxylic acids is 1. The Labute approximate surface area is 172 Å². The average Bonchev–Trinajstić information content (AvgIpc) is 3.10. The number of morpholine rings is 1. The minimum Gasteiger partial charge on any atom is -0.373 e. The van der Waals surface area contributed by atoms with Gasteiger partial charge < -0.3 is 10.1 Å². The van der Waals surface area contributed by atoms with Crippen LogP contribution in [-0.2, 0) is 11.2 Å². The molecule has 2 atom stereocenters. The van der Waals surface area contributed by atoms with Crippen molar-refractivity contribution in [1.29, 1.82) is 0 Å². The summed E-state index contributed by atoms with van der Waals surface area (Å²) in [7, 11) is 0. The molecule has 158 valence electrons. The monoisotopic (exact) mass is 402 g/mol. The largest absolute Gasteiger partial charge is 0.373 e. The predicted octanol–water partition coefficient (Wildman–Crippen LogP) is 3.19. The van der Waals surface area contributed by atoms with Crippen molar-refractivity contribution in [3.8, 4) is 5.69 Å². The Morgan fingerprint density at radius 3 is 2.45 bits per heavy atom. The lowest BCUT2D eigenvalue weighted by atomic mass is 10.00. The van der Waals surface area contributed by atoms with E-state index in [1.54, 1.807) is 23.0 Å². The lowest BCUT2D eigenvalue weighted by molar-refractivity contribution is -0.0948. The van der Waals surface area contributed by atoms with Crippen molar-refractivity contribution in [1.82, 2.24) is 20.0 Å². The molecular formula is C22H31FN4O2. The van der Waals surface area contributed by atoms with Crippen LogP contribution in [0.4, 0.5) is 4.39 Å². The maximum Gasteiger partial charge on any atom is 0.254 e. The van der Waals surface area contributed by atoms with Crippen molar-refractivity contribution >= 4 is 5.91 Å². The van der Waals surface area contributed by atoms with Crippen molar-refractivity contribution in [2.75, 3.05) is 19.6 Å². The second-order valence-electron chi connectivity index (χ2n) is 8.40. The number of hydrogen-bond acceptors (Lipinski definition) is 4. The van der Waals surface area contributed by atoms with Gasteiger partial charge in [0.25, 0.3) is 5.91 Å². The first-order chi connectivity index (χ1) is 13.7. The van der Waals surface area contributed by atoms with Crippen molar-refractivity contribution in [2.45, 2.75) is 58.8 Å². The Morgan fingerprint density at radius 2 is 1.86 bits per heavy atom. The van der Waals surface area contributed by atoms with Crippen LogP contribution in [0.25, 0.3) is 5.69 Å². The molecule has 3 rings (SSSR count). The molecule has 0 bridgehead atoms. The van der Waals surface area contributed by atoms with Gasteiger partial charge in [-0.05, 0) is 58.4 Å². The van der Waals surface area contributed by atoms with E-state index in [1.165, 1.54) is 12.1 Å². The molecule has 1 fully saturated rings. The van der Waals surface area contributed by atoms with Crippen LogP contribution < -0.4 is 5.32 Å². The highest BCUT2D eigenvalue weighted by Crippen LogP contribution is 2.21. The van der Waals surface area contributed by atoms with E-state index in [2.05, 4.69) is 43.0 Å². The number of rotatable bonds is 6. The molecule has 1 N–H and O–H groups in total. The molecule has 7 heteroatoms. The molecule has 1 aliphatic rings. The highest BCUT2D eigenvalue weighted by molar-refractivity contribution is 5.95. The van der Waals surface area contributed by atoms with E-state index < -0.39 is 0 Å². The number of halogens is 1. The van der Waals surface area contributed by atoms with Gasteiger partial charge in [0.2, 0.25) is 0 Å². The summed E-state index contributed by atoms with van der Waals surface area (Å²) >= 11 is 0. The van der Waals surface area contributed by atoms with E-state index in [4.69, 9.17) is 4.74 Å². The van der Waals surface area contributed by atoms with Gasteiger partial charge >= 0.3 is 0 Å². The molecule has 0 radical (unpaired) electrons. The van der Waals surface area contributed by atoms with Crippen molar-refractivity contribution in [2.24, 2.45) is 0 Å². The van der Waals surface area contributed by atoms with E-state index in [-0.39, 0.29) is 29.5 Å². The molecule has 1 aromatic heterocycles. The summed E-state index contributed by atoms with van der Waals surface area (Å²) in [5, 5.41) is 7.45. The molecular weight excluding hydrogens is 371 g/mol. The molecule has 1 aromatic carbocycles. The second kappa shape index (κ2) is 8.63. The zero-order valence-corrected chi connectivity index (χ0v) is 17.9. The van der Waals surface area contributed by atoms with Gasteiger partial charge in [-0.15, -0.1) is 0 Å². The topological polar surface area (TPSA) is 59.4 Å². The first-order valence-electron chi connectivity index (χ1n) is 10.2. The lowest BCUT2D eigenvalue weighted by Gasteiger charge is -2.45. The van der Waals surface area contributed by atoms with Crippen LogP contribution in [0.1, 0.15) is 50.7 Å². The number of hydrogen-bond donors (Lipinski definition) is 1. The number of nitrogens with zero attached hydrogens (tertiary/aromatic N) is 3. The first kappa shape index (κ1) is 21.5. The summed E-state index contributed by atoms with van der Waals surface area (Å²) in [4.78, 5) is 15.3. The number of carbonyl (C=O) groups is 1. The summed E-state index contributed by atoms with van der Waals surface area (Å²) in [5.74, 6) is -0.441. The van der Waals surface area contributed by atoms with Crippen LogP contribution in [0.15, 0.2) is 30.5 Å². The Balaban J connectivity index is 1.71. The van der Waals surface area contributed by atoms with Gasteiger partial charge in [-0.2, -0.15) is 5.10 Å². The number of amides is 1. The van der Waals surface area contributed by atoms with E-state index in [0.29, 0.717) is 18.5 Å². The smallest absolute Gasteiger partial charge is 0.254 e. The summed E-state index contributed by atoms with van der Waals surface area (Å²) < 4.78 is 20.8. The van der Waals surface area contributed by atoms with E-state index in [9.17, 15) is 9.18 Å².